The number of amides is 2. The Morgan fingerprint density at radius 3 is 2.39 bits per heavy atom. The van der Waals surface area contributed by atoms with Gasteiger partial charge in [0.1, 0.15) is 0 Å². The number of sulfonamides is 1. The van der Waals surface area contributed by atoms with Gasteiger partial charge in [0.15, 0.2) is 0 Å². The molecule has 28 heavy (non-hydrogen) atoms. The van der Waals surface area contributed by atoms with Gasteiger partial charge in [-0.2, -0.15) is 4.72 Å². The second-order valence-corrected chi connectivity index (χ2v) is 7.61. The maximum absolute atomic E-state index is 12.4. The average molecular weight is 399 g/mol. The summed E-state index contributed by atoms with van der Waals surface area (Å²) < 4.78 is 26.5. The van der Waals surface area contributed by atoms with Crippen LogP contribution in [0.4, 0.5) is 5.69 Å². The van der Waals surface area contributed by atoms with Crippen LogP contribution in [0.15, 0.2) is 53.4 Å². The van der Waals surface area contributed by atoms with E-state index in [0.29, 0.717) is 17.8 Å². The van der Waals surface area contributed by atoms with E-state index in [1.165, 1.54) is 24.3 Å². The molecule has 146 valence electrons. The number of hydrogen-bond acceptors (Lipinski definition) is 4. The van der Waals surface area contributed by atoms with Crippen LogP contribution in [0, 0.1) is 12.3 Å². The molecule has 2 rings (SSSR count). The molecule has 2 aromatic carbocycles. The summed E-state index contributed by atoms with van der Waals surface area (Å²) in [5.74, 6) is 1.53. The Bertz CT molecular complexity index is 993. The third kappa shape index (κ3) is 5.67. The van der Waals surface area contributed by atoms with E-state index in [1.807, 2.05) is 6.92 Å². The molecular formula is C20H21N3O4S. The standard InChI is InChI=1S/C20H21N3O4S/c1-3-12-21-19(24)15-8-10-17(11-9-15)23-20(25)16-6-5-7-18(14-16)28(26,27)22-13-4-2/h2,5-11,14,22H,3,12-13H2,1H3,(H,21,24)(H,23,25). The van der Waals surface area contributed by atoms with E-state index < -0.39 is 15.9 Å². The van der Waals surface area contributed by atoms with E-state index >= 15 is 0 Å². The van der Waals surface area contributed by atoms with Gasteiger partial charge in [0.2, 0.25) is 10.0 Å². The molecule has 0 spiro atoms. The van der Waals surface area contributed by atoms with Gasteiger partial charge in [-0.15, -0.1) is 6.42 Å². The molecule has 0 bridgehead atoms. The summed E-state index contributed by atoms with van der Waals surface area (Å²) in [7, 11) is -3.79. The Kier molecular flexibility index (Phi) is 7.32. The number of carbonyl (C=O) groups excluding carboxylic acids is 2. The number of hydrogen-bond donors (Lipinski definition) is 3. The molecule has 2 amide bonds. The van der Waals surface area contributed by atoms with Crippen molar-refractivity contribution in [3.63, 3.8) is 0 Å². The molecule has 0 saturated heterocycles. The predicted molar refractivity (Wildman–Crippen MR) is 107 cm³/mol. The molecule has 0 aliphatic carbocycles. The molecule has 0 fully saturated rings. The summed E-state index contributed by atoms with van der Waals surface area (Å²) in [4.78, 5) is 24.3. The van der Waals surface area contributed by atoms with Crippen molar-refractivity contribution in [2.75, 3.05) is 18.4 Å². The molecular weight excluding hydrogens is 378 g/mol. The Morgan fingerprint density at radius 1 is 1.04 bits per heavy atom. The van der Waals surface area contributed by atoms with Gasteiger partial charge in [-0.25, -0.2) is 8.42 Å². The van der Waals surface area contributed by atoms with Crippen molar-refractivity contribution in [1.29, 1.82) is 0 Å². The Balaban J connectivity index is 2.10. The monoisotopic (exact) mass is 399 g/mol. The SMILES string of the molecule is C#CCNS(=O)(=O)c1cccc(C(=O)Nc2ccc(C(=O)NCCC)cc2)c1. The highest BCUT2D eigenvalue weighted by atomic mass is 32.2. The van der Waals surface area contributed by atoms with Gasteiger partial charge in [0, 0.05) is 23.4 Å². The number of terminal acetylenes is 1. The van der Waals surface area contributed by atoms with Crippen LogP contribution in [0.2, 0.25) is 0 Å². The zero-order valence-corrected chi connectivity index (χ0v) is 16.2. The second-order valence-electron chi connectivity index (χ2n) is 5.84. The van der Waals surface area contributed by atoms with Gasteiger partial charge < -0.3 is 10.6 Å². The number of rotatable bonds is 8. The first-order valence-electron chi connectivity index (χ1n) is 8.60. The van der Waals surface area contributed by atoms with Crippen LogP contribution in [0.1, 0.15) is 34.1 Å². The van der Waals surface area contributed by atoms with E-state index in [4.69, 9.17) is 6.42 Å². The van der Waals surface area contributed by atoms with E-state index in [2.05, 4.69) is 21.3 Å². The van der Waals surface area contributed by atoms with E-state index in [-0.39, 0.29) is 22.9 Å². The lowest BCUT2D eigenvalue weighted by Gasteiger charge is -2.09. The Morgan fingerprint density at radius 2 is 1.75 bits per heavy atom. The van der Waals surface area contributed by atoms with Crippen molar-refractivity contribution in [2.24, 2.45) is 0 Å². The van der Waals surface area contributed by atoms with Crippen molar-refractivity contribution >= 4 is 27.5 Å². The molecule has 0 saturated carbocycles. The van der Waals surface area contributed by atoms with Crippen molar-refractivity contribution in [2.45, 2.75) is 18.2 Å². The van der Waals surface area contributed by atoms with Gasteiger partial charge in [0.25, 0.3) is 11.8 Å². The minimum Gasteiger partial charge on any atom is -0.352 e. The van der Waals surface area contributed by atoms with Crippen LogP contribution in [0.3, 0.4) is 0 Å². The van der Waals surface area contributed by atoms with E-state index in [0.717, 1.165) is 6.42 Å². The van der Waals surface area contributed by atoms with Crippen LogP contribution >= 0.6 is 0 Å². The molecule has 3 N–H and O–H groups in total. The van der Waals surface area contributed by atoms with Crippen molar-refractivity contribution < 1.29 is 18.0 Å². The van der Waals surface area contributed by atoms with Gasteiger partial charge in [0.05, 0.1) is 11.4 Å². The minimum atomic E-state index is -3.79. The first-order chi connectivity index (χ1) is 13.4. The first-order valence-corrected chi connectivity index (χ1v) is 10.1. The molecule has 0 aliphatic rings. The Labute approximate surface area is 164 Å². The lowest BCUT2D eigenvalue weighted by molar-refractivity contribution is 0.0953. The minimum absolute atomic E-state index is 0.0571. The summed E-state index contributed by atoms with van der Waals surface area (Å²) in [6, 6.07) is 12.0. The van der Waals surface area contributed by atoms with Crippen LogP contribution in [0.5, 0.6) is 0 Å². The molecule has 0 heterocycles. The molecule has 0 atom stereocenters. The van der Waals surface area contributed by atoms with Crippen LogP contribution < -0.4 is 15.4 Å². The number of nitrogens with one attached hydrogen (secondary N) is 3. The smallest absolute Gasteiger partial charge is 0.255 e. The zero-order valence-electron chi connectivity index (χ0n) is 15.4. The topological polar surface area (TPSA) is 104 Å². The van der Waals surface area contributed by atoms with Crippen LogP contribution in [-0.2, 0) is 10.0 Å². The van der Waals surface area contributed by atoms with E-state index in [9.17, 15) is 18.0 Å². The fourth-order valence-corrected chi connectivity index (χ4v) is 3.25. The van der Waals surface area contributed by atoms with Gasteiger partial charge in [-0.05, 0) is 48.9 Å². The number of anilines is 1. The fourth-order valence-electron chi connectivity index (χ4n) is 2.27. The maximum atomic E-state index is 12.4. The molecule has 0 unspecified atom stereocenters. The molecule has 0 aromatic heterocycles. The second kappa shape index (κ2) is 9.69. The van der Waals surface area contributed by atoms with Crippen molar-refractivity contribution in [1.82, 2.24) is 10.0 Å². The summed E-state index contributed by atoms with van der Waals surface area (Å²) >= 11 is 0. The Hall–Kier alpha value is -3.15. The lowest BCUT2D eigenvalue weighted by atomic mass is 10.1. The van der Waals surface area contributed by atoms with Gasteiger partial charge >= 0.3 is 0 Å². The zero-order chi connectivity index (χ0) is 20.6. The highest BCUT2D eigenvalue weighted by Gasteiger charge is 2.16. The van der Waals surface area contributed by atoms with E-state index in [1.54, 1.807) is 24.3 Å². The highest BCUT2D eigenvalue weighted by Crippen LogP contribution is 2.15. The molecule has 0 aliphatic heterocycles. The molecule has 0 radical (unpaired) electrons. The van der Waals surface area contributed by atoms with Gasteiger partial charge in [-0.1, -0.05) is 18.9 Å². The van der Waals surface area contributed by atoms with Crippen molar-refractivity contribution in [3.8, 4) is 12.3 Å². The normalized spacial score (nSPS) is 10.7. The molecule has 2 aromatic rings. The number of benzene rings is 2. The highest BCUT2D eigenvalue weighted by molar-refractivity contribution is 7.89. The quantitative estimate of drug-likeness (QED) is 0.591. The maximum Gasteiger partial charge on any atom is 0.255 e. The lowest BCUT2D eigenvalue weighted by Crippen LogP contribution is -2.24. The summed E-state index contributed by atoms with van der Waals surface area (Å²) in [5, 5.41) is 5.44. The van der Waals surface area contributed by atoms with Crippen LogP contribution in [0.25, 0.3) is 0 Å². The molecule has 7 nitrogen and oxygen atoms in total. The number of carbonyl (C=O) groups is 2. The van der Waals surface area contributed by atoms with Crippen LogP contribution in [-0.4, -0.2) is 33.3 Å². The van der Waals surface area contributed by atoms with Gasteiger partial charge in [-0.3, -0.25) is 9.59 Å². The third-order valence-corrected chi connectivity index (χ3v) is 5.11. The third-order valence-electron chi connectivity index (χ3n) is 3.71. The fraction of sp³-hybridized carbons (Fsp3) is 0.200. The largest absolute Gasteiger partial charge is 0.352 e. The summed E-state index contributed by atoms with van der Waals surface area (Å²) in [6.45, 7) is 2.41. The first kappa shape index (κ1) is 21.2. The summed E-state index contributed by atoms with van der Waals surface area (Å²) in [5.41, 5.74) is 1.14. The average Bonchev–Trinajstić information content (AvgIpc) is 2.71. The van der Waals surface area contributed by atoms with Crippen molar-refractivity contribution in [3.05, 3.63) is 59.7 Å². The summed E-state index contributed by atoms with van der Waals surface area (Å²) in [6.07, 6.45) is 5.91. The molecule has 8 heteroatoms. The predicted octanol–water partition coefficient (Wildman–Crippen LogP) is 1.99.